The van der Waals surface area contributed by atoms with Crippen molar-refractivity contribution in [2.45, 2.75) is 13.0 Å². The molecule has 1 amide bonds. The fourth-order valence-corrected chi connectivity index (χ4v) is 1.77. The summed E-state index contributed by atoms with van der Waals surface area (Å²) in [5, 5.41) is 3.64. The van der Waals surface area contributed by atoms with Crippen LogP contribution in [0.15, 0.2) is 40.8 Å². The van der Waals surface area contributed by atoms with E-state index in [-0.39, 0.29) is 16.5 Å². The van der Waals surface area contributed by atoms with Gasteiger partial charge in [0.25, 0.3) is 0 Å². The Labute approximate surface area is 120 Å². The Morgan fingerprint density at radius 3 is 2.47 bits per heavy atom. The smallest absolute Gasteiger partial charge is 0.413 e. The highest BCUT2D eigenvalue weighted by Crippen LogP contribution is 2.16. The molecule has 0 fully saturated rings. The zero-order valence-corrected chi connectivity index (χ0v) is 12.3. The van der Waals surface area contributed by atoms with Crippen molar-refractivity contribution < 1.29 is 9.53 Å². The highest BCUT2D eigenvalue weighted by atomic mass is 79.9. The zero-order valence-electron chi connectivity index (χ0n) is 10.8. The topological polar surface area (TPSA) is 93.6 Å². The molecule has 1 atom stereocenters. The molecule has 5 N–H and O–H groups in total. The van der Waals surface area contributed by atoms with Gasteiger partial charge >= 0.3 is 6.09 Å². The zero-order chi connectivity index (χ0) is 14.4. The van der Waals surface area contributed by atoms with Crippen molar-refractivity contribution in [1.82, 2.24) is 10.3 Å². The van der Waals surface area contributed by atoms with Crippen molar-refractivity contribution in [3.63, 3.8) is 0 Å². The number of nitrogens with one attached hydrogen (secondary N) is 1. The summed E-state index contributed by atoms with van der Waals surface area (Å²) in [6, 6.07) is 9.41. The Morgan fingerprint density at radius 1 is 1.42 bits per heavy atom. The number of ether oxygens (including phenoxy) is 1. The third-order valence-electron chi connectivity index (χ3n) is 2.35. The molecule has 1 rings (SSSR count). The number of hydrazine groups is 1. The highest BCUT2D eigenvalue weighted by Gasteiger charge is 2.14. The van der Waals surface area contributed by atoms with Gasteiger partial charge in [-0.3, -0.25) is 10.3 Å². The maximum Gasteiger partial charge on any atom is 0.413 e. The van der Waals surface area contributed by atoms with Gasteiger partial charge in [-0.25, -0.2) is 10.6 Å². The number of amides is 1. The predicted molar refractivity (Wildman–Crippen MR) is 76.6 cm³/mol. The lowest BCUT2D eigenvalue weighted by atomic mass is 10.1. The van der Waals surface area contributed by atoms with Gasteiger partial charge in [-0.1, -0.05) is 30.3 Å². The molecule has 0 heterocycles. The van der Waals surface area contributed by atoms with E-state index in [0.717, 1.165) is 5.56 Å². The summed E-state index contributed by atoms with van der Waals surface area (Å²) >= 11 is 3.05. The van der Waals surface area contributed by atoms with Gasteiger partial charge < -0.3 is 10.5 Å². The van der Waals surface area contributed by atoms with Crippen LogP contribution in [0, 0.1) is 0 Å². The standard InChI is InChI=1S/C12H17BrN4O2/c1-8(9-6-4-3-5-7-9)19-12(18)16-11(10(13)14)17(2)15/h3-8H,14-15H2,1-2H3,(H,16,18)/b11-10-. The van der Waals surface area contributed by atoms with Crippen molar-refractivity contribution >= 4 is 22.0 Å². The largest absolute Gasteiger partial charge is 0.441 e. The number of hydrogen-bond acceptors (Lipinski definition) is 5. The normalized spacial score (nSPS) is 13.3. The van der Waals surface area contributed by atoms with Crippen LogP contribution >= 0.6 is 15.9 Å². The molecule has 0 spiro atoms. The second-order valence-electron chi connectivity index (χ2n) is 3.89. The fraction of sp³-hybridized carbons (Fsp3) is 0.250. The first-order valence-corrected chi connectivity index (χ1v) is 6.37. The third kappa shape index (κ3) is 4.80. The molecule has 6 nitrogen and oxygen atoms in total. The number of nitrogens with zero attached hydrogens (tertiary/aromatic N) is 1. The molecule has 0 saturated heterocycles. The van der Waals surface area contributed by atoms with E-state index in [0.29, 0.717) is 0 Å². The van der Waals surface area contributed by atoms with Gasteiger partial charge in [0, 0.05) is 7.05 Å². The highest BCUT2D eigenvalue weighted by molar-refractivity contribution is 9.11. The first-order chi connectivity index (χ1) is 8.91. The van der Waals surface area contributed by atoms with Gasteiger partial charge in [0.05, 0.1) is 0 Å². The van der Waals surface area contributed by atoms with Crippen LogP contribution < -0.4 is 16.9 Å². The molecule has 1 aromatic rings. The van der Waals surface area contributed by atoms with Gasteiger partial charge in [-0.15, -0.1) is 0 Å². The van der Waals surface area contributed by atoms with Crippen molar-refractivity contribution in [1.29, 1.82) is 0 Å². The maximum absolute atomic E-state index is 11.7. The van der Waals surface area contributed by atoms with E-state index in [2.05, 4.69) is 21.2 Å². The molecular formula is C12H17BrN4O2. The van der Waals surface area contributed by atoms with Crippen LogP contribution in [0.3, 0.4) is 0 Å². The summed E-state index contributed by atoms with van der Waals surface area (Å²) in [6.07, 6.45) is -1.01. The first kappa shape index (κ1) is 15.3. The molecule has 7 heteroatoms. The van der Waals surface area contributed by atoms with Gasteiger partial charge in [0.1, 0.15) is 10.7 Å². The maximum atomic E-state index is 11.7. The molecule has 0 aliphatic heterocycles. The monoisotopic (exact) mass is 328 g/mol. The molecule has 0 radical (unpaired) electrons. The summed E-state index contributed by atoms with van der Waals surface area (Å²) in [4.78, 5) is 11.7. The third-order valence-corrected chi connectivity index (χ3v) is 2.73. The minimum atomic E-state index is -0.633. The lowest BCUT2D eigenvalue weighted by Crippen LogP contribution is -2.39. The molecule has 0 aromatic heterocycles. The summed E-state index contributed by atoms with van der Waals surface area (Å²) < 4.78 is 5.43. The number of benzene rings is 1. The molecule has 1 aromatic carbocycles. The van der Waals surface area contributed by atoms with Crippen LogP contribution in [0.2, 0.25) is 0 Å². The number of halogens is 1. The lowest BCUT2D eigenvalue weighted by molar-refractivity contribution is 0.107. The van der Waals surface area contributed by atoms with Crippen LogP contribution in [0.5, 0.6) is 0 Å². The molecular weight excluding hydrogens is 312 g/mol. The molecule has 0 aliphatic carbocycles. The summed E-state index contributed by atoms with van der Waals surface area (Å²) in [7, 11) is 1.55. The van der Waals surface area contributed by atoms with Crippen LogP contribution in [0.4, 0.5) is 4.79 Å². The second kappa shape index (κ2) is 7.01. The van der Waals surface area contributed by atoms with Crippen molar-refractivity contribution in [3.8, 4) is 0 Å². The fourth-order valence-electron chi connectivity index (χ4n) is 1.40. The van der Waals surface area contributed by atoms with Gasteiger partial charge in [-0.05, 0) is 28.4 Å². The lowest BCUT2D eigenvalue weighted by Gasteiger charge is -2.20. The quantitative estimate of drug-likeness (QED) is 0.445. The Hall–Kier alpha value is -1.73. The molecule has 0 bridgehead atoms. The van der Waals surface area contributed by atoms with E-state index in [4.69, 9.17) is 16.3 Å². The summed E-state index contributed by atoms with van der Waals surface area (Å²) in [5.74, 6) is 5.75. The van der Waals surface area contributed by atoms with Crippen molar-refractivity contribution in [2.24, 2.45) is 11.6 Å². The predicted octanol–water partition coefficient (Wildman–Crippen LogP) is 1.76. The van der Waals surface area contributed by atoms with E-state index in [1.807, 2.05) is 30.3 Å². The van der Waals surface area contributed by atoms with Crippen molar-refractivity contribution in [3.05, 3.63) is 46.3 Å². The van der Waals surface area contributed by atoms with Gasteiger partial charge in [0.2, 0.25) is 0 Å². The first-order valence-electron chi connectivity index (χ1n) is 5.58. The van der Waals surface area contributed by atoms with Gasteiger partial charge in [0.15, 0.2) is 5.82 Å². The van der Waals surface area contributed by atoms with Crippen LogP contribution in [-0.2, 0) is 4.74 Å². The number of rotatable bonds is 4. The number of carbonyl (C=O) groups excluding carboxylic acids is 1. The molecule has 0 aliphatic rings. The minimum Gasteiger partial charge on any atom is -0.441 e. The molecule has 1 unspecified atom stereocenters. The Kier molecular flexibility index (Phi) is 5.65. The minimum absolute atomic E-state index is 0.210. The average molecular weight is 329 g/mol. The van der Waals surface area contributed by atoms with Crippen LogP contribution in [-0.4, -0.2) is 18.1 Å². The SMILES string of the molecule is CC(OC(=O)N/C(=C(/N)Br)N(C)N)c1ccccc1. The number of carbonyl (C=O) groups is 1. The Morgan fingerprint density at radius 2 is 2.00 bits per heavy atom. The van der Waals surface area contributed by atoms with E-state index < -0.39 is 6.09 Å². The molecule has 19 heavy (non-hydrogen) atoms. The average Bonchev–Trinajstić information content (AvgIpc) is 2.36. The van der Waals surface area contributed by atoms with E-state index in [1.165, 1.54) is 5.01 Å². The summed E-state index contributed by atoms with van der Waals surface area (Å²) in [5.41, 5.74) is 6.43. The molecule has 104 valence electrons. The van der Waals surface area contributed by atoms with Crippen LogP contribution in [0.1, 0.15) is 18.6 Å². The Balaban J connectivity index is 2.64. The number of nitrogens with two attached hydrogens (primary N) is 2. The van der Waals surface area contributed by atoms with E-state index >= 15 is 0 Å². The van der Waals surface area contributed by atoms with Crippen molar-refractivity contribution in [2.75, 3.05) is 7.05 Å². The van der Waals surface area contributed by atoms with E-state index in [1.54, 1.807) is 14.0 Å². The number of alkyl carbamates (subject to hydrolysis) is 1. The van der Waals surface area contributed by atoms with Gasteiger partial charge in [-0.2, -0.15) is 0 Å². The Bertz CT molecular complexity index is 458. The van der Waals surface area contributed by atoms with Crippen LogP contribution in [0.25, 0.3) is 0 Å². The second-order valence-corrected chi connectivity index (χ2v) is 4.75. The number of hydrogen-bond donors (Lipinski definition) is 3. The molecule has 0 saturated carbocycles. The van der Waals surface area contributed by atoms with E-state index in [9.17, 15) is 4.79 Å². The summed E-state index contributed by atoms with van der Waals surface area (Å²) in [6.45, 7) is 1.78.